The second kappa shape index (κ2) is 10.6. The van der Waals surface area contributed by atoms with Crippen molar-refractivity contribution >= 4 is 12.1 Å². The fourth-order valence-electron chi connectivity index (χ4n) is 3.60. The van der Waals surface area contributed by atoms with E-state index < -0.39 is 0 Å². The van der Waals surface area contributed by atoms with Gasteiger partial charge in [-0.3, -0.25) is 4.68 Å². The van der Waals surface area contributed by atoms with Gasteiger partial charge < -0.3 is 19.7 Å². The molecule has 1 aromatic heterocycles. The number of benzene rings is 1. The molecule has 1 atom stereocenters. The number of nitrogens with one attached hydrogen (secondary N) is 1. The Morgan fingerprint density at radius 2 is 1.94 bits per heavy atom. The highest BCUT2D eigenvalue weighted by Gasteiger charge is 2.27. The molecule has 0 bridgehead atoms. The van der Waals surface area contributed by atoms with Gasteiger partial charge in [0.2, 0.25) is 0 Å². The number of aryl methyl sites for hydroxylation is 1. The first-order valence-corrected chi connectivity index (χ1v) is 11.2. The van der Waals surface area contributed by atoms with Crippen LogP contribution in [-0.4, -0.2) is 59.0 Å². The molecule has 0 saturated carbocycles. The Bertz CT molecular complexity index is 904. The van der Waals surface area contributed by atoms with Crippen molar-refractivity contribution < 1.29 is 19.1 Å². The van der Waals surface area contributed by atoms with E-state index in [1.807, 2.05) is 36.4 Å². The van der Waals surface area contributed by atoms with Gasteiger partial charge in [0.05, 0.1) is 12.3 Å². The number of carbonyl (C=O) groups is 2. The Hall–Kier alpha value is -2.87. The lowest BCUT2D eigenvalue weighted by atomic mass is 9.92. The summed E-state index contributed by atoms with van der Waals surface area (Å²) in [4.78, 5) is 26.7. The van der Waals surface area contributed by atoms with Gasteiger partial charge in [-0.1, -0.05) is 51.1 Å². The third-order valence-electron chi connectivity index (χ3n) is 5.44. The number of hydrogen-bond acceptors (Lipinski definition) is 6. The van der Waals surface area contributed by atoms with Gasteiger partial charge in [0.1, 0.15) is 12.3 Å². The predicted molar refractivity (Wildman–Crippen MR) is 121 cm³/mol. The Kier molecular flexibility index (Phi) is 7.90. The summed E-state index contributed by atoms with van der Waals surface area (Å²) >= 11 is 0. The highest BCUT2D eigenvalue weighted by molar-refractivity contribution is 5.87. The summed E-state index contributed by atoms with van der Waals surface area (Å²) in [6.07, 6.45) is 0.418. The number of rotatable bonds is 7. The van der Waals surface area contributed by atoms with Crippen molar-refractivity contribution in [3.05, 3.63) is 53.3 Å². The van der Waals surface area contributed by atoms with Crippen LogP contribution in [0.5, 0.6) is 0 Å². The van der Waals surface area contributed by atoms with E-state index in [2.05, 4.69) is 31.2 Å². The zero-order valence-electron chi connectivity index (χ0n) is 19.5. The smallest absolute Gasteiger partial charge is 0.410 e. The van der Waals surface area contributed by atoms with Crippen molar-refractivity contribution in [1.29, 1.82) is 0 Å². The summed E-state index contributed by atoms with van der Waals surface area (Å²) in [5, 5.41) is 8.12. The number of carbonyl (C=O) groups excluding carboxylic acids is 2. The van der Waals surface area contributed by atoms with Crippen LogP contribution in [0.2, 0.25) is 0 Å². The maximum absolute atomic E-state index is 12.5. The number of ether oxygens (including phenoxy) is 2. The van der Waals surface area contributed by atoms with Crippen LogP contribution in [0.25, 0.3) is 0 Å². The van der Waals surface area contributed by atoms with Crippen molar-refractivity contribution in [3.8, 4) is 0 Å². The minimum Gasteiger partial charge on any atom is -0.461 e. The average molecular weight is 443 g/mol. The van der Waals surface area contributed by atoms with Gasteiger partial charge in [0.15, 0.2) is 0 Å². The summed E-state index contributed by atoms with van der Waals surface area (Å²) in [7, 11) is 0. The van der Waals surface area contributed by atoms with Gasteiger partial charge in [0, 0.05) is 37.6 Å². The maximum Gasteiger partial charge on any atom is 0.410 e. The minimum absolute atomic E-state index is 0.0883. The fourth-order valence-corrected chi connectivity index (χ4v) is 3.60. The topological polar surface area (TPSA) is 85.7 Å². The molecule has 1 N–H and O–H groups in total. The van der Waals surface area contributed by atoms with Crippen LogP contribution in [0.15, 0.2) is 36.4 Å². The van der Waals surface area contributed by atoms with E-state index in [1.165, 1.54) is 0 Å². The molecule has 1 aliphatic rings. The molecule has 1 saturated heterocycles. The van der Waals surface area contributed by atoms with Crippen LogP contribution < -0.4 is 5.32 Å². The average Bonchev–Trinajstić information content (AvgIpc) is 3.22. The Morgan fingerprint density at radius 3 is 2.62 bits per heavy atom. The SMILES string of the molecule is CCOC(=O)c1cc(C(C)(C)C)nn1CC[C@@H]1CN(C(=O)OCc2ccccc2)CCN1. The summed E-state index contributed by atoms with van der Waals surface area (Å²) in [5.41, 5.74) is 2.11. The van der Waals surface area contributed by atoms with Gasteiger partial charge in [-0.15, -0.1) is 0 Å². The maximum atomic E-state index is 12.5. The molecular weight excluding hydrogens is 408 g/mol. The quantitative estimate of drug-likeness (QED) is 0.662. The van der Waals surface area contributed by atoms with Gasteiger partial charge in [-0.25, -0.2) is 9.59 Å². The molecule has 1 aromatic carbocycles. The zero-order chi connectivity index (χ0) is 23.1. The Morgan fingerprint density at radius 1 is 1.19 bits per heavy atom. The van der Waals surface area contributed by atoms with Crippen molar-refractivity contribution in [3.63, 3.8) is 0 Å². The van der Waals surface area contributed by atoms with Crippen LogP contribution in [0.3, 0.4) is 0 Å². The molecule has 0 radical (unpaired) electrons. The number of esters is 1. The van der Waals surface area contributed by atoms with Crippen LogP contribution >= 0.6 is 0 Å². The molecule has 32 heavy (non-hydrogen) atoms. The van der Waals surface area contributed by atoms with Gasteiger partial charge >= 0.3 is 12.1 Å². The lowest BCUT2D eigenvalue weighted by Gasteiger charge is -2.33. The Balaban J connectivity index is 1.58. The lowest BCUT2D eigenvalue weighted by Crippen LogP contribution is -2.53. The molecule has 174 valence electrons. The number of aromatic nitrogens is 2. The van der Waals surface area contributed by atoms with Crippen molar-refractivity contribution in [2.24, 2.45) is 0 Å². The molecular formula is C24H34N4O4. The number of amides is 1. The molecule has 3 rings (SSSR count). The second-order valence-corrected chi connectivity index (χ2v) is 9.03. The van der Waals surface area contributed by atoms with E-state index in [0.29, 0.717) is 38.5 Å². The zero-order valence-corrected chi connectivity index (χ0v) is 19.5. The van der Waals surface area contributed by atoms with E-state index in [4.69, 9.17) is 9.47 Å². The summed E-state index contributed by atoms with van der Waals surface area (Å²) in [5.74, 6) is -0.363. The first-order valence-electron chi connectivity index (χ1n) is 11.2. The fraction of sp³-hybridized carbons (Fsp3) is 0.542. The number of hydrogen-bond donors (Lipinski definition) is 1. The lowest BCUT2D eigenvalue weighted by molar-refractivity contribution is 0.0511. The molecule has 1 aliphatic heterocycles. The van der Waals surface area contributed by atoms with E-state index >= 15 is 0 Å². The molecule has 1 fully saturated rings. The number of piperazine rings is 1. The number of nitrogens with zero attached hydrogens (tertiary/aromatic N) is 3. The highest BCUT2D eigenvalue weighted by atomic mass is 16.6. The molecule has 8 nitrogen and oxygen atoms in total. The van der Waals surface area contributed by atoms with Crippen LogP contribution in [0.4, 0.5) is 4.79 Å². The molecule has 2 heterocycles. The van der Waals surface area contributed by atoms with E-state index in [1.54, 1.807) is 16.5 Å². The Labute approximate surface area is 189 Å². The third kappa shape index (κ3) is 6.32. The molecule has 8 heteroatoms. The molecule has 0 aliphatic carbocycles. The largest absolute Gasteiger partial charge is 0.461 e. The van der Waals surface area contributed by atoms with Gasteiger partial charge in [0.25, 0.3) is 0 Å². The monoisotopic (exact) mass is 442 g/mol. The van der Waals surface area contributed by atoms with Crippen molar-refractivity contribution in [2.75, 3.05) is 26.2 Å². The van der Waals surface area contributed by atoms with Crippen LogP contribution in [-0.2, 0) is 28.0 Å². The van der Waals surface area contributed by atoms with E-state index in [0.717, 1.165) is 17.7 Å². The third-order valence-corrected chi connectivity index (χ3v) is 5.44. The normalized spacial score (nSPS) is 16.6. The molecule has 1 amide bonds. The first-order chi connectivity index (χ1) is 15.3. The minimum atomic E-state index is -0.363. The van der Waals surface area contributed by atoms with Gasteiger partial charge in [-0.2, -0.15) is 5.10 Å². The molecule has 0 unspecified atom stereocenters. The standard InChI is InChI=1S/C24H34N4O4/c1-5-31-22(29)20-15-21(24(2,3)4)26-28(20)13-11-19-16-27(14-12-25-19)23(30)32-17-18-9-7-6-8-10-18/h6-10,15,19,25H,5,11-14,16-17H2,1-4H3/t19-/m1/s1. The van der Waals surface area contributed by atoms with Crippen LogP contribution in [0, 0.1) is 0 Å². The summed E-state index contributed by atoms with van der Waals surface area (Å²) in [6, 6.07) is 11.6. The van der Waals surface area contributed by atoms with Crippen molar-refractivity contribution in [1.82, 2.24) is 20.0 Å². The van der Waals surface area contributed by atoms with Crippen molar-refractivity contribution in [2.45, 2.75) is 58.7 Å². The van der Waals surface area contributed by atoms with Crippen LogP contribution in [0.1, 0.15) is 55.9 Å². The first kappa shape index (κ1) is 23.8. The predicted octanol–water partition coefficient (Wildman–Crippen LogP) is 3.36. The second-order valence-electron chi connectivity index (χ2n) is 9.03. The van der Waals surface area contributed by atoms with Gasteiger partial charge in [-0.05, 0) is 25.0 Å². The highest BCUT2D eigenvalue weighted by Crippen LogP contribution is 2.22. The summed E-state index contributed by atoms with van der Waals surface area (Å²) in [6.45, 7) is 11.0. The summed E-state index contributed by atoms with van der Waals surface area (Å²) < 4.78 is 12.4. The molecule has 2 aromatic rings. The molecule has 0 spiro atoms. The van der Waals surface area contributed by atoms with E-state index in [-0.39, 0.29) is 30.1 Å². The van der Waals surface area contributed by atoms with E-state index in [9.17, 15) is 9.59 Å².